The van der Waals surface area contributed by atoms with Gasteiger partial charge in [0.1, 0.15) is 0 Å². The van der Waals surface area contributed by atoms with E-state index in [1.54, 1.807) is 0 Å². The van der Waals surface area contributed by atoms with Gasteiger partial charge in [-0.2, -0.15) is 5.10 Å². The first-order valence-electron chi connectivity index (χ1n) is 6.18. The van der Waals surface area contributed by atoms with E-state index in [1.807, 2.05) is 17.9 Å². The Morgan fingerprint density at radius 1 is 1.44 bits per heavy atom. The molecule has 2 heterocycles. The molecule has 90 valence electrons. The van der Waals surface area contributed by atoms with Gasteiger partial charge in [0.15, 0.2) is 0 Å². The summed E-state index contributed by atoms with van der Waals surface area (Å²) in [6.07, 6.45) is 7.72. The molecule has 1 aliphatic heterocycles. The summed E-state index contributed by atoms with van der Waals surface area (Å²) in [4.78, 5) is 2.54. The van der Waals surface area contributed by atoms with Crippen LogP contribution in [0.3, 0.4) is 0 Å². The smallest absolute Gasteiger partial charge is 0.0522 e. The van der Waals surface area contributed by atoms with Crippen LogP contribution in [0.15, 0.2) is 12.4 Å². The molecular weight excluding hydrogens is 200 g/mol. The lowest BCUT2D eigenvalue weighted by Crippen LogP contribution is -2.37. The Kier molecular flexibility index (Phi) is 3.96. The average Bonchev–Trinajstić information content (AvgIpc) is 2.73. The molecule has 4 nitrogen and oxygen atoms in total. The van der Waals surface area contributed by atoms with E-state index in [0.29, 0.717) is 0 Å². The first-order chi connectivity index (χ1) is 7.78. The summed E-state index contributed by atoms with van der Waals surface area (Å²) in [6, 6.07) is 0. The Morgan fingerprint density at radius 3 is 2.75 bits per heavy atom. The minimum atomic E-state index is 0.759. The molecule has 0 amide bonds. The van der Waals surface area contributed by atoms with E-state index in [4.69, 9.17) is 5.73 Å². The van der Waals surface area contributed by atoms with Crippen molar-refractivity contribution in [2.75, 3.05) is 26.2 Å². The highest BCUT2D eigenvalue weighted by Gasteiger charge is 2.17. The predicted molar refractivity (Wildman–Crippen MR) is 65.1 cm³/mol. The van der Waals surface area contributed by atoms with Crippen LogP contribution in [0, 0.1) is 5.92 Å². The van der Waals surface area contributed by atoms with Gasteiger partial charge in [-0.05, 0) is 50.4 Å². The van der Waals surface area contributed by atoms with Crippen molar-refractivity contribution >= 4 is 0 Å². The molecule has 0 aliphatic carbocycles. The number of rotatable bonds is 4. The van der Waals surface area contributed by atoms with Gasteiger partial charge in [-0.15, -0.1) is 0 Å². The molecule has 0 atom stereocenters. The molecule has 1 saturated heterocycles. The lowest BCUT2D eigenvalue weighted by molar-refractivity contribution is 0.189. The minimum absolute atomic E-state index is 0.759. The van der Waals surface area contributed by atoms with Gasteiger partial charge in [-0.1, -0.05) is 0 Å². The van der Waals surface area contributed by atoms with Crippen molar-refractivity contribution in [1.82, 2.24) is 14.7 Å². The third kappa shape index (κ3) is 3.06. The molecule has 2 rings (SSSR count). The summed E-state index contributed by atoms with van der Waals surface area (Å²) in [6.45, 7) is 4.43. The van der Waals surface area contributed by atoms with Crippen molar-refractivity contribution in [3.8, 4) is 0 Å². The van der Waals surface area contributed by atoms with Crippen molar-refractivity contribution in [3.63, 3.8) is 0 Å². The monoisotopic (exact) mass is 222 g/mol. The van der Waals surface area contributed by atoms with E-state index in [0.717, 1.165) is 25.4 Å². The van der Waals surface area contributed by atoms with E-state index in [2.05, 4.69) is 16.2 Å². The average molecular weight is 222 g/mol. The highest BCUT2D eigenvalue weighted by molar-refractivity contribution is 5.04. The maximum Gasteiger partial charge on any atom is 0.0522 e. The summed E-state index contributed by atoms with van der Waals surface area (Å²) in [5.41, 5.74) is 7.02. The van der Waals surface area contributed by atoms with Crippen LogP contribution in [0.2, 0.25) is 0 Å². The zero-order valence-electron chi connectivity index (χ0n) is 10.1. The van der Waals surface area contributed by atoms with Crippen LogP contribution in [0.25, 0.3) is 0 Å². The summed E-state index contributed by atoms with van der Waals surface area (Å²) in [7, 11) is 1.97. The molecule has 0 radical (unpaired) electrons. The first-order valence-corrected chi connectivity index (χ1v) is 6.18. The number of nitrogens with zero attached hydrogens (tertiary/aromatic N) is 3. The summed E-state index contributed by atoms with van der Waals surface area (Å²) in [5, 5.41) is 4.19. The van der Waals surface area contributed by atoms with Gasteiger partial charge in [0, 0.05) is 19.8 Å². The number of hydrogen-bond donors (Lipinski definition) is 1. The number of aromatic nitrogens is 2. The van der Waals surface area contributed by atoms with E-state index >= 15 is 0 Å². The van der Waals surface area contributed by atoms with Gasteiger partial charge >= 0.3 is 0 Å². The van der Waals surface area contributed by atoms with Gasteiger partial charge in [-0.25, -0.2) is 0 Å². The Balaban J connectivity index is 1.71. The lowest BCUT2D eigenvalue weighted by atomic mass is 9.97. The van der Waals surface area contributed by atoms with Crippen molar-refractivity contribution in [2.45, 2.75) is 19.3 Å². The van der Waals surface area contributed by atoms with Gasteiger partial charge < -0.3 is 10.6 Å². The Bertz CT molecular complexity index is 313. The van der Waals surface area contributed by atoms with E-state index in [1.165, 1.54) is 31.5 Å². The molecule has 1 aromatic rings. The van der Waals surface area contributed by atoms with Crippen LogP contribution in [0.5, 0.6) is 0 Å². The SMILES string of the molecule is Cn1cc(CCN2CCC(CN)CC2)cn1. The zero-order chi connectivity index (χ0) is 11.4. The molecule has 1 fully saturated rings. The van der Waals surface area contributed by atoms with Crippen LogP contribution in [0.4, 0.5) is 0 Å². The maximum absolute atomic E-state index is 5.69. The van der Waals surface area contributed by atoms with Crippen molar-refractivity contribution in [3.05, 3.63) is 18.0 Å². The van der Waals surface area contributed by atoms with E-state index in [-0.39, 0.29) is 0 Å². The highest BCUT2D eigenvalue weighted by Crippen LogP contribution is 2.15. The number of piperidine rings is 1. The zero-order valence-corrected chi connectivity index (χ0v) is 10.1. The molecule has 0 saturated carbocycles. The van der Waals surface area contributed by atoms with Crippen LogP contribution in [-0.2, 0) is 13.5 Å². The Hall–Kier alpha value is -0.870. The molecule has 1 aromatic heterocycles. The molecule has 1 aliphatic rings. The largest absolute Gasteiger partial charge is 0.330 e. The van der Waals surface area contributed by atoms with Crippen LogP contribution in [0.1, 0.15) is 18.4 Å². The van der Waals surface area contributed by atoms with Gasteiger partial charge in [0.25, 0.3) is 0 Å². The molecule has 2 N–H and O–H groups in total. The second kappa shape index (κ2) is 5.46. The first kappa shape index (κ1) is 11.6. The fraction of sp³-hybridized carbons (Fsp3) is 0.750. The standard InChI is InChI=1S/C12H22N4/c1-15-10-12(9-14-15)4-7-16-5-2-11(8-13)3-6-16/h9-11H,2-8,13H2,1H3. The predicted octanol–water partition coefficient (Wildman–Crippen LogP) is 0.633. The normalized spacial score (nSPS) is 19.1. The summed E-state index contributed by atoms with van der Waals surface area (Å²) >= 11 is 0. The molecular formula is C12H22N4. The lowest BCUT2D eigenvalue weighted by Gasteiger charge is -2.31. The van der Waals surface area contributed by atoms with Crippen LogP contribution < -0.4 is 5.73 Å². The fourth-order valence-electron chi connectivity index (χ4n) is 2.33. The second-order valence-corrected chi connectivity index (χ2v) is 4.79. The van der Waals surface area contributed by atoms with Crippen molar-refractivity contribution in [1.29, 1.82) is 0 Å². The van der Waals surface area contributed by atoms with Gasteiger partial charge in [0.05, 0.1) is 6.20 Å². The van der Waals surface area contributed by atoms with Gasteiger partial charge in [0.2, 0.25) is 0 Å². The van der Waals surface area contributed by atoms with E-state index in [9.17, 15) is 0 Å². The number of likely N-dealkylation sites (tertiary alicyclic amines) is 1. The third-order valence-corrected chi connectivity index (χ3v) is 3.52. The van der Waals surface area contributed by atoms with Crippen LogP contribution in [-0.4, -0.2) is 40.9 Å². The quantitative estimate of drug-likeness (QED) is 0.813. The van der Waals surface area contributed by atoms with E-state index < -0.39 is 0 Å². The molecule has 0 bridgehead atoms. The van der Waals surface area contributed by atoms with Crippen molar-refractivity contribution in [2.24, 2.45) is 18.7 Å². The van der Waals surface area contributed by atoms with Gasteiger partial charge in [-0.3, -0.25) is 4.68 Å². The molecule has 16 heavy (non-hydrogen) atoms. The third-order valence-electron chi connectivity index (χ3n) is 3.52. The molecule has 0 spiro atoms. The molecule has 0 unspecified atom stereocenters. The fourth-order valence-corrected chi connectivity index (χ4v) is 2.33. The second-order valence-electron chi connectivity index (χ2n) is 4.79. The number of nitrogens with two attached hydrogens (primary N) is 1. The Labute approximate surface area is 97.4 Å². The highest BCUT2D eigenvalue weighted by atomic mass is 15.2. The summed E-state index contributed by atoms with van der Waals surface area (Å²) < 4.78 is 1.87. The minimum Gasteiger partial charge on any atom is -0.330 e. The van der Waals surface area contributed by atoms with Crippen LogP contribution >= 0.6 is 0 Å². The number of aryl methyl sites for hydroxylation is 1. The van der Waals surface area contributed by atoms with Crippen molar-refractivity contribution < 1.29 is 0 Å². The molecule has 4 heteroatoms. The summed E-state index contributed by atoms with van der Waals surface area (Å²) in [5.74, 6) is 0.759. The molecule has 0 aromatic carbocycles. The Morgan fingerprint density at radius 2 is 2.19 bits per heavy atom. The number of hydrogen-bond acceptors (Lipinski definition) is 3. The topological polar surface area (TPSA) is 47.1 Å². The maximum atomic E-state index is 5.69.